The monoisotopic (exact) mass is 446 g/mol. The van der Waals surface area contributed by atoms with Crippen molar-refractivity contribution in [3.63, 3.8) is 0 Å². The zero-order chi connectivity index (χ0) is 22.3. The number of phenolic OH excluding ortho intramolecular Hbond substituents is 1. The standard InChI is InChI=1S/C22H23FN2O5S/c1-14-22(19-12-16(23)2-7-20(19)25(14)13-21(27)28)15-8-10-24(11-9-15)31(29,30)18-5-3-17(26)4-6-18/h2-7,12,15,26H,8-11,13H2,1H3,(H,27,28). The highest BCUT2D eigenvalue weighted by Crippen LogP contribution is 2.38. The summed E-state index contributed by atoms with van der Waals surface area (Å²) in [6.07, 6.45) is 1.09. The Bertz CT molecular complexity index is 1240. The van der Waals surface area contributed by atoms with Gasteiger partial charge in [-0.2, -0.15) is 4.31 Å². The summed E-state index contributed by atoms with van der Waals surface area (Å²) in [6, 6.07) is 9.77. The summed E-state index contributed by atoms with van der Waals surface area (Å²) in [5.41, 5.74) is 2.32. The van der Waals surface area contributed by atoms with Gasteiger partial charge in [-0.05, 0) is 73.7 Å². The topological polar surface area (TPSA) is 99.8 Å². The van der Waals surface area contributed by atoms with Crippen molar-refractivity contribution in [2.75, 3.05) is 13.1 Å². The number of carbonyl (C=O) groups is 1. The molecule has 0 atom stereocenters. The van der Waals surface area contributed by atoms with Crippen LogP contribution in [0.1, 0.15) is 30.0 Å². The lowest BCUT2D eigenvalue weighted by Gasteiger charge is -2.31. The molecule has 1 aliphatic heterocycles. The van der Waals surface area contributed by atoms with Gasteiger partial charge in [0.25, 0.3) is 0 Å². The van der Waals surface area contributed by atoms with Crippen LogP contribution in [-0.4, -0.2) is 46.6 Å². The van der Waals surface area contributed by atoms with E-state index in [0.29, 0.717) is 36.8 Å². The highest BCUT2D eigenvalue weighted by atomic mass is 32.2. The molecule has 1 fully saturated rings. The van der Waals surface area contributed by atoms with Gasteiger partial charge in [-0.15, -0.1) is 0 Å². The Morgan fingerprint density at radius 3 is 2.39 bits per heavy atom. The van der Waals surface area contributed by atoms with E-state index in [4.69, 9.17) is 0 Å². The number of carboxylic acids is 1. The number of rotatable bonds is 5. The largest absolute Gasteiger partial charge is 0.508 e. The minimum absolute atomic E-state index is 0.00174. The molecule has 7 nitrogen and oxygen atoms in total. The molecule has 0 saturated carbocycles. The van der Waals surface area contributed by atoms with Crippen molar-refractivity contribution in [1.29, 1.82) is 0 Å². The second-order valence-electron chi connectivity index (χ2n) is 7.81. The second kappa shape index (κ2) is 7.97. The van der Waals surface area contributed by atoms with Gasteiger partial charge in [0.05, 0.1) is 4.90 Å². The Balaban J connectivity index is 1.63. The average Bonchev–Trinajstić information content (AvgIpc) is 2.98. The van der Waals surface area contributed by atoms with Gasteiger partial charge < -0.3 is 14.8 Å². The van der Waals surface area contributed by atoms with Crippen molar-refractivity contribution in [3.8, 4) is 5.75 Å². The number of benzene rings is 2. The molecule has 0 amide bonds. The minimum Gasteiger partial charge on any atom is -0.508 e. The normalized spacial score (nSPS) is 16.1. The summed E-state index contributed by atoms with van der Waals surface area (Å²) in [7, 11) is -3.68. The molecule has 4 rings (SSSR count). The summed E-state index contributed by atoms with van der Waals surface area (Å²) in [4.78, 5) is 11.5. The Hall–Kier alpha value is -2.91. The highest BCUT2D eigenvalue weighted by Gasteiger charge is 2.32. The van der Waals surface area contributed by atoms with Gasteiger partial charge in [-0.3, -0.25) is 4.79 Å². The van der Waals surface area contributed by atoms with Crippen molar-refractivity contribution < 1.29 is 27.8 Å². The van der Waals surface area contributed by atoms with Crippen molar-refractivity contribution >= 4 is 26.9 Å². The first-order valence-corrected chi connectivity index (χ1v) is 11.4. The van der Waals surface area contributed by atoms with Gasteiger partial charge in [0.1, 0.15) is 18.1 Å². The number of carboxylic acid groups (broad SMARTS) is 1. The molecule has 3 aromatic rings. The number of fused-ring (bicyclic) bond motifs is 1. The predicted octanol–water partition coefficient (Wildman–Crippen LogP) is 3.45. The van der Waals surface area contributed by atoms with E-state index in [0.717, 1.165) is 11.3 Å². The molecule has 0 unspecified atom stereocenters. The lowest BCUT2D eigenvalue weighted by atomic mass is 9.88. The maximum absolute atomic E-state index is 14.0. The van der Waals surface area contributed by atoms with Gasteiger partial charge in [-0.1, -0.05) is 0 Å². The van der Waals surface area contributed by atoms with Crippen molar-refractivity contribution in [2.45, 2.75) is 37.1 Å². The fourth-order valence-electron chi connectivity index (χ4n) is 4.49. The molecule has 2 aromatic carbocycles. The second-order valence-corrected chi connectivity index (χ2v) is 9.75. The number of hydrogen-bond acceptors (Lipinski definition) is 4. The molecule has 0 aliphatic carbocycles. The van der Waals surface area contributed by atoms with Crippen LogP contribution in [0.5, 0.6) is 5.75 Å². The number of aromatic nitrogens is 1. The van der Waals surface area contributed by atoms with E-state index in [-0.39, 0.29) is 23.1 Å². The molecule has 0 bridgehead atoms. The van der Waals surface area contributed by atoms with Gasteiger partial charge in [0, 0.05) is 29.7 Å². The van der Waals surface area contributed by atoms with Crippen LogP contribution in [0, 0.1) is 12.7 Å². The smallest absolute Gasteiger partial charge is 0.323 e. The summed E-state index contributed by atoms with van der Waals surface area (Å²) in [5.74, 6) is -1.39. The Labute approximate surface area is 179 Å². The molecule has 2 N–H and O–H groups in total. The van der Waals surface area contributed by atoms with E-state index < -0.39 is 21.8 Å². The van der Waals surface area contributed by atoms with Crippen LogP contribution in [0.2, 0.25) is 0 Å². The lowest BCUT2D eigenvalue weighted by Crippen LogP contribution is -2.38. The number of phenols is 1. The van der Waals surface area contributed by atoms with Gasteiger partial charge in [0.2, 0.25) is 10.0 Å². The zero-order valence-corrected chi connectivity index (χ0v) is 17.8. The molecule has 9 heteroatoms. The van der Waals surface area contributed by atoms with E-state index in [1.807, 2.05) is 6.92 Å². The maximum Gasteiger partial charge on any atom is 0.323 e. The molecule has 1 saturated heterocycles. The third-order valence-electron chi connectivity index (χ3n) is 5.96. The first kappa shape index (κ1) is 21.3. The Morgan fingerprint density at radius 2 is 1.77 bits per heavy atom. The molecule has 0 radical (unpaired) electrons. The number of piperidine rings is 1. The molecule has 0 spiro atoms. The molecular formula is C22H23FN2O5S. The first-order valence-electron chi connectivity index (χ1n) is 9.97. The number of sulfonamides is 1. The van der Waals surface area contributed by atoms with Crippen LogP contribution in [0.25, 0.3) is 10.9 Å². The van der Waals surface area contributed by atoms with E-state index in [9.17, 15) is 27.8 Å². The summed E-state index contributed by atoms with van der Waals surface area (Å²) < 4.78 is 42.9. The lowest BCUT2D eigenvalue weighted by molar-refractivity contribution is -0.137. The molecular weight excluding hydrogens is 423 g/mol. The summed E-state index contributed by atoms with van der Waals surface area (Å²) in [6.45, 7) is 2.21. The number of nitrogens with zero attached hydrogens (tertiary/aromatic N) is 2. The van der Waals surface area contributed by atoms with E-state index in [2.05, 4.69) is 0 Å². The highest BCUT2D eigenvalue weighted by molar-refractivity contribution is 7.89. The van der Waals surface area contributed by atoms with Gasteiger partial charge in [0.15, 0.2) is 0 Å². The predicted molar refractivity (Wildman–Crippen MR) is 113 cm³/mol. The third-order valence-corrected chi connectivity index (χ3v) is 7.88. The quantitative estimate of drug-likeness (QED) is 0.625. The maximum atomic E-state index is 14.0. The Kier molecular flexibility index (Phi) is 5.49. The van der Waals surface area contributed by atoms with Gasteiger partial charge in [-0.25, -0.2) is 12.8 Å². The molecule has 31 heavy (non-hydrogen) atoms. The van der Waals surface area contributed by atoms with Crippen LogP contribution in [0.15, 0.2) is 47.4 Å². The van der Waals surface area contributed by atoms with Crippen LogP contribution >= 0.6 is 0 Å². The average molecular weight is 447 g/mol. The fourth-order valence-corrected chi connectivity index (χ4v) is 5.96. The molecule has 164 valence electrons. The number of aliphatic carboxylic acids is 1. The number of halogens is 1. The SMILES string of the molecule is Cc1c(C2CCN(S(=O)(=O)c3ccc(O)cc3)CC2)c2cc(F)ccc2n1CC(=O)O. The fraction of sp³-hybridized carbons (Fsp3) is 0.318. The van der Waals surface area contributed by atoms with E-state index >= 15 is 0 Å². The van der Waals surface area contributed by atoms with E-state index in [1.165, 1.54) is 40.7 Å². The summed E-state index contributed by atoms with van der Waals surface area (Å²) in [5, 5.41) is 19.4. The van der Waals surface area contributed by atoms with Crippen molar-refractivity contribution in [3.05, 3.63) is 59.5 Å². The minimum atomic E-state index is -3.68. The molecule has 1 aliphatic rings. The van der Waals surface area contributed by atoms with Crippen LogP contribution in [-0.2, 0) is 21.4 Å². The third kappa shape index (κ3) is 3.90. The van der Waals surface area contributed by atoms with Gasteiger partial charge >= 0.3 is 5.97 Å². The van der Waals surface area contributed by atoms with Crippen molar-refractivity contribution in [1.82, 2.24) is 8.87 Å². The first-order chi connectivity index (χ1) is 14.7. The van der Waals surface area contributed by atoms with Crippen LogP contribution < -0.4 is 0 Å². The van der Waals surface area contributed by atoms with Crippen LogP contribution in [0.4, 0.5) is 4.39 Å². The molecule has 1 aromatic heterocycles. The van der Waals surface area contributed by atoms with Crippen molar-refractivity contribution in [2.24, 2.45) is 0 Å². The Morgan fingerprint density at radius 1 is 1.13 bits per heavy atom. The number of hydrogen-bond donors (Lipinski definition) is 2. The van der Waals surface area contributed by atoms with E-state index in [1.54, 1.807) is 10.6 Å². The zero-order valence-electron chi connectivity index (χ0n) is 17.0. The van der Waals surface area contributed by atoms with Crippen LogP contribution in [0.3, 0.4) is 0 Å². The summed E-state index contributed by atoms with van der Waals surface area (Å²) >= 11 is 0. The molecule has 2 heterocycles. The number of aromatic hydroxyl groups is 1.